The molecule has 0 aromatic rings. The van der Waals surface area contributed by atoms with Crippen LogP contribution in [-0.4, -0.2) is 26.4 Å². The maximum absolute atomic E-state index is 11.8. The first kappa shape index (κ1) is 16.4. The molecule has 1 unspecified atom stereocenters. The average Bonchev–Trinajstić information content (AvgIpc) is 2.20. The molecule has 0 aromatic carbocycles. The number of hydrogen-bond donors (Lipinski definition) is 1. The summed E-state index contributed by atoms with van der Waals surface area (Å²) in [6.45, 7) is 16.9. The highest BCUT2D eigenvalue weighted by atomic mass is 28.4. The molecule has 1 heterocycles. The van der Waals surface area contributed by atoms with Gasteiger partial charge in [0.1, 0.15) is 0 Å². The van der Waals surface area contributed by atoms with Crippen molar-refractivity contribution in [1.82, 2.24) is 5.32 Å². The van der Waals surface area contributed by atoms with Gasteiger partial charge in [-0.25, -0.2) is 0 Å². The fourth-order valence-corrected chi connectivity index (χ4v) is 3.69. The molecule has 0 aromatic heterocycles. The lowest BCUT2D eigenvalue weighted by molar-refractivity contribution is -0.140. The molecule has 1 aliphatic rings. The molecule has 110 valence electrons. The van der Waals surface area contributed by atoms with Crippen molar-refractivity contribution < 1.29 is 9.22 Å². The predicted molar refractivity (Wildman–Crippen MR) is 82.6 cm³/mol. The number of amides is 1. The molecular formula is C15H29NO2Si. The lowest BCUT2D eigenvalue weighted by Gasteiger charge is -2.45. The van der Waals surface area contributed by atoms with E-state index in [1.54, 1.807) is 0 Å². The van der Waals surface area contributed by atoms with Gasteiger partial charge < -0.3 is 9.74 Å². The fraction of sp³-hybridized carbons (Fsp3) is 0.800. The highest BCUT2D eigenvalue weighted by Gasteiger charge is 2.46. The van der Waals surface area contributed by atoms with E-state index < -0.39 is 8.32 Å². The second kappa shape index (κ2) is 5.79. The molecule has 0 bridgehead atoms. The summed E-state index contributed by atoms with van der Waals surface area (Å²) in [5.74, 6) is 0.148. The molecule has 1 N–H and O–H groups in total. The van der Waals surface area contributed by atoms with Crippen molar-refractivity contribution in [2.24, 2.45) is 5.92 Å². The summed E-state index contributed by atoms with van der Waals surface area (Å²) in [4.78, 5) is 11.8. The second-order valence-corrected chi connectivity index (χ2v) is 11.8. The summed E-state index contributed by atoms with van der Waals surface area (Å²) in [6, 6.07) is 0.255. The van der Waals surface area contributed by atoms with Gasteiger partial charge in [0.2, 0.25) is 5.91 Å². The Hall–Kier alpha value is -0.613. The van der Waals surface area contributed by atoms with Crippen molar-refractivity contribution in [2.45, 2.75) is 70.8 Å². The summed E-state index contributed by atoms with van der Waals surface area (Å²) < 4.78 is 6.34. The SMILES string of the molecule is C=CCC[C@H]1NC(=O)C1[C@@H](C)O[Si](C)(C)C(C)(C)C. The highest BCUT2D eigenvalue weighted by molar-refractivity contribution is 6.74. The van der Waals surface area contributed by atoms with Crippen molar-refractivity contribution in [2.75, 3.05) is 0 Å². The Balaban J connectivity index is 2.64. The summed E-state index contributed by atoms with van der Waals surface area (Å²) in [5.41, 5.74) is 0. The molecule has 19 heavy (non-hydrogen) atoms. The molecule has 0 spiro atoms. The molecule has 4 heteroatoms. The van der Waals surface area contributed by atoms with E-state index >= 15 is 0 Å². The van der Waals surface area contributed by atoms with Crippen LogP contribution >= 0.6 is 0 Å². The fourth-order valence-electron chi connectivity index (χ4n) is 2.26. The highest BCUT2D eigenvalue weighted by Crippen LogP contribution is 2.39. The largest absolute Gasteiger partial charge is 0.413 e. The molecular weight excluding hydrogens is 254 g/mol. The molecule has 1 aliphatic heterocycles. The maximum atomic E-state index is 11.8. The standard InChI is InChI=1S/C15H29NO2Si/c1-8-9-10-12-13(14(17)16-12)11(2)18-19(6,7)15(3,4)5/h8,11-13H,1,9-10H2,2-7H3,(H,16,17)/t11-,12-,13?/m1/s1. The molecule has 0 radical (unpaired) electrons. The summed E-state index contributed by atoms with van der Waals surface area (Å²) in [7, 11) is -1.80. The van der Waals surface area contributed by atoms with Crippen LogP contribution in [0.2, 0.25) is 18.1 Å². The number of carbonyl (C=O) groups is 1. The van der Waals surface area contributed by atoms with Crippen LogP contribution in [0, 0.1) is 5.92 Å². The first-order chi connectivity index (χ1) is 8.60. The van der Waals surface area contributed by atoms with Gasteiger partial charge in [0.25, 0.3) is 0 Å². The second-order valence-electron chi connectivity index (χ2n) is 7.09. The molecule has 1 saturated heterocycles. The van der Waals surface area contributed by atoms with E-state index in [4.69, 9.17) is 4.43 Å². The summed E-state index contributed by atoms with van der Waals surface area (Å²) in [6.07, 6.45) is 3.81. The van der Waals surface area contributed by atoms with E-state index in [1.165, 1.54) is 0 Å². The third-order valence-corrected chi connectivity index (χ3v) is 9.11. The van der Waals surface area contributed by atoms with E-state index in [9.17, 15) is 4.79 Å². The number of carbonyl (C=O) groups excluding carboxylic acids is 1. The zero-order valence-corrected chi connectivity index (χ0v) is 14.2. The topological polar surface area (TPSA) is 38.3 Å². The summed E-state index contributed by atoms with van der Waals surface area (Å²) >= 11 is 0. The molecule has 1 amide bonds. The Morgan fingerprint density at radius 1 is 1.47 bits per heavy atom. The molecule has 1 rings (SSSR count). The van der Waals surface area contributed by atoms with Crippen LogP contribution in [0.1, 0.15) is 40.5 Å². The van der Waals surface area contributed by atoms with Crippen molar-refractivity contribution in [3.05, 3.63) is 12.7 Å². The molecule has 3 atom stereocenters. The molecule has 0 saturated carbocycles. The minimum absolute atomic E-state index is 0.00413. The molecule has 3 nitrogen and oxygen atoms in total. The smallest absolute Gasteiger partial charge is 0.228 e. The number of nitrogens with one attached hydrogen (secondary N) is 1. The van der Waals surface area contributed by atoms with Crippen LogP contribution in [0.25, 0.3) is 0 Å². The summed E-state index contributed by atoms with van der Waals surface area (Å²) in [5, 5.41) is 3.16. The van der Waals surface area contributed by atoms with Crippen molar-refractivity contribution in [3.63, 3.8) is 0 Å². The van der Waals surface area contributed by atoms with Crippen molar-refractivity contribution in [3.8, 4) is 0 Å². The monoisotopic (exact) mass is 283 g/mol. The third kappa shape index (κ3) is 3.69. The van der Waals surface area contributed by atoms with Crippen LogP contribution in [0.5, 0.6) is 0 Å². The Bertz CT molecular complexity index is 347. The van der Waals surface area contributed by atoms with E-state index in [-0.39, 0.29) is 29.0 Å². The Labute approximate surface area is 118 Å². The van der Waals surface area contributed by atoms with Crippen LogP contribution in [0.3, 0.4) is 0 Å². The van der Waals surface area contributed by atoms with Crippen LogP contribution < -0.4 is 5.32 Å². The van der Waals surface area contributed by atoms with Gasteiger partial charge in [-0.2, -0.15) is 0 Å². The van der Waals surface area contributed by atoms with E-state index in [2.05, 4.69) is 45.8 Å². The van der Waals surface area contributed by atoms with Crippen molar-refractivity contribution >= 4 is 14.2 Å². The van der Waals surface area contributed by atoms with E-state index in [1.807, 2.05) is 13.0 Å². The lowest BCUT2D eigenvalue weighted by Crippen LogP contribution is -2.63. The van der Waals surface area contributed by atoms with Gasteiger partial charge in [0.05, 0.1) is 12.0 Å². The maximum Gasteiger partial charge on any atom is 0.228 e. The van der Waals surface area contributed by atoms with Crippen LogP contribution in [-0.2, 0) is 9.22 Å². The lowest BCUT2D eigenvalue weighted by atomic mass is 9.83. The van der Waals surface area contributed by atoms with E-state index in [0.29, 0.717) is 0 Å². The van der Waals surface area contributed by atoms with Gasteiger partial charge in [-0.15, -0.1) is 6.58 Å². The zero-order valence-electron chi connectivity index (χ0n) is 13.2. The van der Waals surface area contributed by atoms with Gasteiger partial charge >= 0.3 is 0 Å². The van der Waals surface area contributed by atoms with Gasteiger partial charge in [-0.1, -0.05) is 26.8 Å². The van der Waals surface area contributed by atoms with Gasteiger partial charge in [0, 0.05) is 6.04 Å². The Morgan fingerprint density at radius 2 is 2.05 bits per heavy atom. The Morgan fingerprint density at radius 3 is 2.47 bits per heavy atom. The number of β-lactam (4-membered cyclic amide) rings is 1. The van der Waals surface area contributed by atoms with Gasteiger partial charge in [-0.3, -0.25) is 4.79 Å². The number of hydrogen-bond acceptors (Lipinski definition) is 2. The third-order valence-electron chi connectivity index (χ3n) is 4.54. The molecule has 0 aliphatic carbocycles. The normalized spacial score (nSPS) is 25.5. The average molecular weight is 283 g/mol. The minimum Gasteiger partial charge on any atom is -0.413 e. The van der Waals surface area contributed by atoms with Gasteiger partial charge in [0.15, 0.2) is 8.32 Å². The quantitative estimate of drug-likeness (QED) is 0.460. The first-order valence-corrected chi connectivity index (χ1v) is 10.1. The Kier molecular flexibility index (Phi) is 5.01. The van der Waals surface area contributed by atoms with Crippen LogP contribution in [0.15, 0.2) is 12.7 Å². The number of allylic oxidation sites excluding steroid dienone is 1. The van der Waals surface area contributed by atoms with Gasteiger partial charge in [-0.05, 0) is 37.9 Å². The first-order valence-electron chi connectivity index (χ1n) is 7.19. The zero-order chi connectivity index (χ0) is 14.8. The molecule has 1 fully saturated rings. The van der Waals surface area contributed by atoms with E-state index in [0.717, 1.165) is 12.8 Å². The minimum atomic E-state index is -1.80. The van der Waals surface area contributed by atoms with Crippen molar-refractivity contribution in [1.29, 1.82) is 0 Å². The predicted octanol–water partition coefficient (Wildman–Crippen LogP) is 3.48. The number of rotatable bonds is 6. The van der Waals surface area contributed by atoms with Crippen LogP contribution in [0.4, 0.5) is 0 Å².